The molecule has 0 unspecified atom stereocenters. The molecule has 0 aliphatic heterocycles. The third-order valence-electron chi connectivity index (χ3n) is 4.74. The van der Waals surface area contributed by atoms with Gasteiger partial charge in [-0.25, -0.2) is 9.97 Å². The van der Waals surface area contributed by atoms with Crippen LogP contribution in [0.1, 0.15) is 31.7 Å². The average Bonchev–Trinajstić information content (AvgIpc) is 2.72. The number of fused-ring (bicyclic) bond motifs is 1. The molecule has 0 fully saturated rings. The van der Waals surface area contributed by atoms with Crippen LogP contribution in [0.25, 0.3) is 23.1 Å². The first-order chi connectivity index (χ1) is 13.7. The van der Waals surface area contributed by atoms with Crippen molar-refractivity contribution in [2.24, 2.45) is 0 Å². The van der Waals surface area contributed by atoms with Crippen LogP contribution in [0.15, 0.2) is 48.5 Å². The fourth-order valence-corrected chi connectivity index (χ4v) is 3.28. The Kier molecular flexibility index (Phi) is 7.40. The Morgan fingerprint density at radius 2 is 1.79 bits per heavy atom. The van der Waals surface area contributed by atoms with E-state index in [0.29, 0.717) is 10.8 Å². The molecule has 5 heteroatoms. The molecule has 1 N–H and O–H groups in total. The minimum Gasteiger partial charge on any atom is -0.369 e. The van der Waals surface area contributed by atoms with Crippen LogP contribution in [0.4, 0.5) is 5.82 Å². The monoisotopic (exact) mass is 394 g/mol. The van der Waals surface area contributed by atoms with E-state index in [0.717, 1.165) is 54.9 Å². The van der Waals surface area contributed by atoms with Crippen LogP contribution < -0.4 is 5.32 Å². The zero-order chi connectivity index (χ0) is 19.8. The molecule has 0 amide bonds. The molecule has 0 saturated heterocycles. The number of nitrogens with zero attached hydrogens (tertiary/aromatic N) is 3. The summed E-state index contributed by atoms with van der Waals surface area (Å²) in [6.45, 7) is 8.51. The van der Waals surface area contributed by atoms with Crippen molar-refractivity contribution in [1.29, 1.82) is 0 Å². The van der Waals surface area contributed by atoms with E-state index in [1.54, 1.807) is 0 Å². The maximum absolute atomic E-state index is 6.19. The second kappa shape index (κ2) is 10.2. The van der Waals surface area contributed by atoms with Gasteiger partial charge in [-0.15, -0.1) is 0 Å². The quantitative estimate of drug-likeness (QED) is 0.480. The lowest BCUT2D eigenvalue weighted by Crippen LogP contribution is -2.25. The number of nitrogens with one attached hydrogen (secondary N) is 1. The van der Waals surface area contributed by atoms with Gasteiger partial charge in [-0.3, -0.25) is 0 Å². The fourth-order valence-electron chi connectivity index (χ4n) is 3.11. The SMILES string of the molecule is CCN(CC)CCCNc1nc(C=Cc2ccccc2)nc2cc(Cl)ccc12. The van der Waals surface area contributed by atoms with Crippen molar-refractivity contribution in [2.45, 2.75) is 20.3 Å². The number of hydrogen-bond acceptors (Lipinski definition) is 4. The van der Waals surface area contributed by atoms with Gasteiger partial charge in [0.05, 0.1) is 5.52 Å². The summed E-state index contributed by atoms with van der Waals surface area (Å²) < 4.78 is 0. The number of hydrogen-bond donors (Lipinski definition) is 1. The summed E-state index contributed by atoms with van der Waals surface area (Å²) in [6, 6.07) is 15.9. The normalized spacial score (nSPS) is 11.6. The first-order valence-electron chi connectivity index (χ1n) is 9.86. The molecule has 3 aromatic rings. The Balaban J connectivity index is 1.80. The molecular formula is C23H27ClN4. The van der Waals surface area contributed by atoms with Gasteiger partial charge < -0.3 is 10.2 Å². The van der Waals surface area contributed by atoms with E-state index >= 15 is 0 Å². The zero-order valence-electron chi connectivity index (χ0n) is 16.5. The molecule has 0 bridgehead atoms. The first-order valence-corrected chi connectivity index (χ1v) is 10.2. The van der Waals surface area contributed by atoms with E-state index in [4.69, 9.17) is 16.6 Å². The van der Waals surface area contributed by atoms with Crippen molar-refractivity contribution >= 4 is 40.5 Å². The van der Waals surface area contributed by atoms with Crippen molar-refractivity contribution in [3.63, 3.8) is 0 Å². The third kappa shape index (κ3) is 5.54. The van der Waals surface area contributed by atoms with Crippen LogP contribution in [0.5, 0.6) is 0 Å². The molecule has 0 aliphatic rings. The molecule has 0 atom stereocenters. The largest absolute Gasteiger partial charge is 0.369 e. The van der Waals surface area contributed by atoms with Crippen molar-refractivity contribution in [3.8, 4) is 0 Å². The lowest BCUT2D eigenvalue weighted by atomic mass is 10.2. The van der Waals surface area contributed by atoms with Gasteiger partial charge in [0.15, 0.2) is 5.82 Å². The lowest BCUT2D eigenvalue weighted by Gasteiger charge is -2.18. The van der Waals surface area contributed by atoms with Crippen LogP contribution in [0.3, 0.4) is 0 Å². The standard InChI is InChI=1S/C23H27ClN4/c1-3-28(4-2)16-8-15-25-23-20-13-12-19(24)17-21(20)26-22(27-23)14-11-18-9-6-5-7-10-18/h5-7,9-14,17H,3-4,8,15-16H2,1-2H3,(H,25,26,27). The predicted molar refractivity (Wildman–Crippen MR) is 121 cm³/mol. The highest BCUT2D eigenvalue weighted by Gasteiger charge is 2.07. The summed E-state index contributed by atoms with van der Waals surface area (Å²) in [7, 11) is 0. The van der Waals surface area contributed by atoms with E-state index in [-0.39, 0.29) is 0 Å². The predicted octanol–water partition coefficient (Wildman–Crippen LogP) is 5.60. The Labute approximate surface area is 172 Å². The molecule has 1 aromatic heterocycles. The maximum Gasteiger partial charge on any atom is 0.154 e. The summed E-state index contributed by atoms with van der Waals surface area (Å²) in [5.41, 5.74) is 1.97. The summed E-state index contributed by atoms with van der Waals surface area (Å²) in [4.78, 5) is 11.8. The topological polar surface area (TPSA) is 41.0 Å². The van der Waals surface area contributed by atoms with E-state index in [2.05, 4.69) is 41.2 Å². The summed E-state index contributed by atoms with van der Waals surface area (Å²) >= 11 is 6.19. The van der Waals surface area contributed by atoms with Gasteiger partial charge >= 0.3 is 0 Å². The fraction of sp³-hybridized carbons (Fsp3) is 0.304. The minimum atomic E-state index is 0.671. The van der Waals surface area contributed by atoms with Gasteiger partial charge in [0, 0.05) is 17.0 Å². The van der Waals surface area contributed by atoms with Crippen molar-refractivity contribution in [3.05, 3.63) is 64.9 Å². The van der Waals surface area contributed by atoms with Crippen LogP contribution in [0, 0.1) is 0 Å². The van der Waals surface area contributed by atoms with Gasteiger partial charge in [0.25, 0.3) is 0 Å². The summed E-state index contributed by atoms with van der Waals surface area (Å²) in [6.07, 6.45) is 5.03. The van der Waals surface area contributed by atoms with Gasteiger partial charge in [0.2, 0.25) is 0 Å². The highest BCUT2D eigenvalue weighted by molar-refractivity contribution is 6.31. The van der Waals surface area contributed by atoms with Crippen LogP contribution in [-0.2, 0) is 0 Å². The number of rotatable bonds is 9. The minimum absolute atomic E-state index is 0.671. The Morgan fingerprint density at radius 3 is 2.54 bits per heavy atom. The van der Waals surface area contributed by atoms with E-state index in [1.807, 2.05) is 48.6 Å². The number of anilines is 1. The van der Waals surface area contributed by atoms with Crippen LogP contribution in [-0.4, -0.2) is 41.0 Å². The van der Waals surface area contributed by atoms with Gasteiger partial charge in [0.1, 0.15) is 5.82 Å². The lowest BCUT2D eigenvalue weighted by molar-refractivity contribution is 0.303. The van der Waals surface area contributed by atoms with Crippen LogP contribution >= 0.6 is 11.6 Å². The zero-order valence-corrected chi connectivity index (χ0v) is 17.3. The summed E-state index contributed by atoms with van der Waals surface area (Å²) in [5, 5.41) is 5.16. The highest BCUT2D eigenvalue weighted by atomic mass is 35.5. The molecule has 0 aliphatic carbocycles. The number of aromatic nitrogens is 2. The third-order valence-corrected chi connectivity index (χ3v) is 4.97. The number of halogens is 1. The van der Waals surface area contributed by atoms with E-state index < -0.39 is 0 Å². The summed E-state index contributed by atoms with van der Waals surface area (Å²) in [5.74, 6) is 1.53. The highest BCUT2D eigenvalue weighted by Crippen LogP contribution is 2.24. The van der Waals surface area contributed by atoms with Gasteiger partial charge in [-0.1, -0.05) is 61.9 Å². The smallest absolute Gasteiger partial charge is 0.154 e. The number of benzene rings is 2. The van der Waals surface area contributed by atoms with Crippen molar-refractivity contribution in [2.75, 3.05) is 31.5 Å². The van der Waals surface area contributed by atoms with Gasteiger partial charge in [-0.2, -0.15) is 0 Å². The molecule has 0 spiro atoms. The average molecular weight is 395 g/mol. The van der Waals surface area contributed by atoms with Gasteiger partial charge in [-0.05, 0) is 55.9 Å². The molecule has 0 saturated carbocycles. The second-order valence-corrected chi connectivity index (χ2v) is 7.08. The molecular weight excluding hydrogens is 368 g/mol. The molecule has 146 valence electrons. The Bertz CT molecular complexity index is 921. The van der Waals surface area contributed by atoms with Crippen LogP contribution in [0.2, 0.25) is 5.02 Å². The molecule has 2 aromatic carbocycles. The maximum atomic E-state index is 6.19. The van der Waals surface area contributed by atoms with Crippen molar-refractivity contribution in [1.82, 2.24) is 14.9 Å². The Hall–Kier alpha value is -2.43. The molecule has 28 heavy (non-hydrogen) atoms. The first kappa shape index (κ1) is 20.3. The molecule has 3 rings (SSSR count). The van der Waals surface area contributed by atoms with E-state index in [9.17, 15) is 0 Å². The van der Waals surface area contributed by atoms with E-state index in [1.165, 1.54) is 0 Å². The Morgan fingerprint density at radius 1 is 1.00 bits per heavy atom. The molecule has 1 heterocycles. The molecule has 4 nitrogen and oxygen atoms in total. The molecule has 0 radical (unpaired) electrons. The second-order valence-electron chi connectivity index (χ2n) is 6.64. The van der Waals surface area contributed by atoms with Crippen molar-refractivity contribution < 1.29 is 0 Å².